The average molecular weight is 413 g/mol. The van der Waals surface area contributed by atoms with Crippen molar-refractivity contribution in [2.45, 2.75) is 26.7 Å². The second-order valence-corrected chi connectivity index (χ2v) is 6.14. The van der Waals surface area contributed by atoms with Gasteiger partial charge in [0.2, 0.25) is 11.8 Å². The summed E-state index contributed by atoms with van der Waals surface area (Å²) < 4.78 is 16.1. The van der Waals surface area contributed by atoms with Gasteiger partial charge in [-0.15, -0.1) is 0 Å². The fraction of sp³-hybridized carbons (Fsp3) is 0.318. The van der Waals surface area contributed by atoms with Crippen LogP contribution in [0, 0.1) is 0 Å². The first kappa shape index (κ1) is 22.7. The fourth-order valence-electron chi connectivity index (χ4n) is 2.51. The van der Waals surface area contributed by atoms with Gasteiger partial charge in [0.1, 0.15) is 5.75 Å². The molecular formula is C22H27N3O5. The fourth-order valence-corrected chi connectivity index (χ4v) is 2.51. The summed E-state index contributed by atoms with van der Waals surface area (Å²) in [4.78, 5) is 23.9. The number of hydrazone groups is 1. The van der Waals surface area contributed by atoms with Crippen LogP contribution in [-0.2, 0) is 9.59 Å². The van der Waals surface area contributed by atoms with Gasteiger partial charge in [-0.2, -0.15) is 5.10 Å². The van der Waals surface area contributed by atoms with E-state index in [0.29, 0.717) is 36.1 Å². The summed E-state index contributed by atoms with van der Waals surface area (Å²) in [5.74, 6) is 1.36. The number of amides is 2. The van der Waals surface area contributed by atoms with Crippen molar-refractivity contribution in [2.24, 2.45) is 5.10 Å². The Balaban J connectivity index is 1.79. The number of carbonyl (C=O) groups is 2. The summed E-state index contributed by atoms with van der Waals surface area (Å²) in [5, 5.41) is 6.66. The Morgan fingerprint density at radius 1 is 0.933 bits per heavy atom. The minimum atomic E-state index is -0.355. The van der Waals surface area contributed by atoms with Gasteiger partial charge < -0.3 is 19.5 Å². The minimum Gasteiger partial charge on any atom is -0.497 e. The average Bonchev–Trinajstić information content (AvgIpc) is 2.75. The molecule has 30 heavy (non-hydrogen) atoms. The number of nitrogens with one attached hydrogen (secondary N) is 2. The van der Waals surface area contributed by atoms with E-state index in [1.165, 1.54) is 6.21 Å². The number of carbonyl (C=O) groups excluding carboxylic acids is 2. The monoisotopic (exact) mass is 413 g/mol. The normalized spacial score (nSPS) is 10.5. The molecule has 160 valence electrons. The Labute approximate surface area is 176 Å². The van der Waals surface area contributed by atoms with Crippen LogP contribution in [0.15, 0.2) is 47.6 Å². The van der Waals surface area contributed by atoms with Crippen molar-refractivity contribution in [2.75, 3.05) is 25.6 Å². The Kier molecular flexibility index (Phi) is 9.18. The molecule has 0 radical (unpaired) electrons. The number of rotatable bonds is 11. The zero-order valence-corrected chi connectivity index (χ0v) is 17.4. The third kappa shape index (κ3) is 7.46. The lowest BCUT2D eigenvalue weighted by molar-refractivity contribution is -0.124. The van der Waals surface area contributed by atoms with E-state index >= 15 is 0 Å². The molecule has 2 aromatic rings. The van der Waals surface area contributed by atoms with Crippen molar-refractivity contribution in [1.29, 1.82) is 0 Å². The standard InChI is InChI=1S/C22H27N3O5/c1-4-29-19-11-6-16(14-20(19)30-5-2)15-23-25-22(27)13-12-21(26)24-17-7-9-18(28-3)10-8-17/h6-11,14-15H,4-5,12-13H2,1-3H3,(H,24,26)(H,25,27). The van der Waals surface area contributed by atoms with E-state index in [0.717, 1.165) is 5.56 Å². The molecule has 0 atom stereocenters. The van der Waals surface area contributed by atoms with Crippen LogP contribution in [0.3, 0.4) is 0 Å². The molecule has 2 aromatic carbocycles. The Morgan fingerprint density at radius 3 is 2.27 bits per heavy atom. The van der Waals surface area contributed by atoms with Crippen LogP contribution in [0.4, 0.5) is 5.69 Å². The van der Waals surface area contributed by atoms with Gasteiger partial charge in [0.15, 0.2) is 11.5 Å². The van der Waals surface area contributed by atoms with Crippen molar-refractivity contribution in [3.05, 3.63) is 48.0 Å². The zero-order valence-electron chi connectivity index (χ0n) is 17.4. The first-order chi connectivity index (χ1) is 14.5. The number of benzene rings is 2. The topological polar surface area (TPSA) is 98.2 Å². The molecule has 0 heterocycles. The second-order valence-electron chi connectivity index (χ2n) is 6.14. The van der Waals surface area contributed by atoms with Crippen LogP contribution in [0.1, 0.15) is 32.3 Å². The number of nitrogens with zero attached hydrogens (tertiary/aromatic N) is 1. The summed E-state index contributed by atoms with van der Waals surface area (Å²) >= 11 is 0. The van der Waals surface area contributed by atoms with Crippen LogP contribution in [0.2, 0.25) is 0 Å². The minimum absolute atomic E-state index is 0.0206. The Hall–Kier alpha value is -3.55. The van der Waals surface area contributed by atoms with Crippen LogP contribution < -0.4 is 25.0 Å². The van der Waals surface area contributed by atoms with Crippen LogP contribution >= 0.6 is 0 Å². The zero-order chi connectivity index (χ0) is 21.8. The lowest BCUT2D eigenvalue weighted by Crippen LogP contribution is -2.20. The molecule has 0 aliphatic carbocycles. The highest BCUT2D eigenvalue weighted by atomic mass is 16.5. The van der Waals surface area contributed by atoms with Crippen molar-refractivity contribution in [3.63, 3.8) is 0 Å². The summed E-state index contributed by atoms with van der Waals surface area (Å²) in [6, 6.07) is 12.3. The number of ether oxygens (including phenoxy) is 3. The van der Waals surface area contributed by atoms with E-state index in [9.17, 15) is 9.59 Å². The third-order valence-electron chi connectivity index (χ3n) is 3.92. The molecule has 2 N–H and O–H groups in total. The lowest BCUT2D eigenvalue weighted by atomic mass is 10.2. The molecule has 0 saturated heterocycles. The highest BCUT2D eigenvalue weighted by Crippen LogP contribution is 2.28. The van der Waals surface area contributed by atoms with Gasteiger partial charge in [0.05, 0.1) is 26.5 Å². The molecular weight excluding hydrogens is 386 g/mol. The molecule has 2 amide bonds. The molecule has 0 aromatic heterocycles. The number of hydrogen-bond acceptors (Lipinski definition) is 6. The maximum atomic E-state index is 12.0. The SMILES string of the molecule is CCOc1ccc(C=NNC(=O)CCC(=O)Nc2ccc(OC)cc2)cc1OCC. The first-order valence-electron chi connectivity index (χ1n) is 9.71. The maximum Gasteiger partial charge on any atom is 0.240 e. The molecule has 2 rings (SSSR count). The molecule has 8 nitrogen and oxygen atoms in total. The highest BCUT2D eigenvalue weighted by molar-refractivity contribution is 5.93. The largest absolute Gasteiger partial charge is 0.497 e. The lowest BCUT2D eigenvalue weighted by Gasteiger charge is -2.11. The summed E-state index contributed by atoms with van der Waals surface area (Å²) in [5.41, 5.74) is 3.81. The Morgan fingerprint density at radius 2 is 1.60 bits per heavy atom. The number of hydrogen-bond donors (Lipinski definition) is 2. The van der Waals surface area contributed by atoms with Crippen molar-refractivity contribution >= 4 is 23.7 Å². The van der Waals surface area contributed by atoms with E-state index in [1.807, 2.05) is 19.9 Å². The van der Waals surface area contributed by atoms with Gasteiger partial charge in [0.25, 0.3) is 0 Å². The quantitative estimate of drug-likeness (QED) is 0.435. The molecule has 0 spiro atoms. The molecule has 0 fully saturated rings. The molecule has 0 aliphatic rings. The number of anilines is 1. The smallest absolute Gasteiger partial charge is 0.240 e. The highest BCUT2D eigenvalue weighted by Gasteiger charge is 2.08. The van der Waals surface area contributed by atoms with Gasteiger partial charge in [-0.25, -0.2) is 5.43 Å². The summed E-state index contributed by atoms with van der Waals surface area (Å²) in [6.07, 6.45) is 1.57. The summed E-state index contributed by atoms with van der Waals surface area (Å²) in [7, 11) is 1.57. The van der Waals surface area contributed by atoms with E-state index in [-0.39, 0.29) is 24.7 Å². The van der Waals surface area contributed by atoms with E-state index in [1.54, 1.807) is 43.5 Å². The van der Waals surface area contributed by atoms with Crippen LogP contribution in [0.5, 0.6) is 17.2 Å². The maximum absolute atomic E-state index is 12.0. The summed E-state index contributed by atoms with van der Waals surface area (Å²) in [6.45, 7) is 4.84. The second kappa shape index (κ2) is 12.1. The molecule has 0 unspecified atom stereocenters. The third-order valence-corrected chi connectivity index (χ3v) is 3.92. The van der Waals surface area contributed by atoms with Crippen LogP contribution in [-0.4, -0.2) is 38.4 Å². The van der Waals surface area contributed by atoms with Gasteiger partial charge in [-0.3, -0.25) is 9.59 Å². The first-order valence-corrected chi connectivity index (χ1v) is 9.71. The van der Waals surface area contributed by atoms with Gasteiger partial charge in [0, 0.05) is 18.5 Å². The van der Waals surface area contributed by atoms with Gasteiger partial charge in [-0.05, 0) is 61.9 Å². The van der Waals surface area contributed by atoms with Crippen molar-refractivity contribution in [1.82, 2.24) is 5.43 Å². The molecule has 0 saturated carbocycles. The van der Waals surface area contributed by atoms with Crippen molar-refractivity contribution < 1.29 is 23.8 Å². The van der Waals surface area contributed by atoms with Crippen LogP contribution in [0.25, 0.3) is 0 Å². The Bertz CT molecular complexity index is 866. The van der Waals surface area contributed by atoms with Gasteiger partial charge in [-0.1, -0.05) is 0 Å². The molecule has 8 heteroatoms. The molecule has 0 bridgehead atoms. The molecule has 0 aliphatic heterocycles. The van der Waals surface area contributed by atoms with Gasteiger partial charge >= 0.3 is 0 Å². The predicted molar refractivity (Wildman–Crippen MR) is 115 cm³/mol. The van der Waals surface area contributed by atoms with E-state index in [4.69, 9.17) is 14.2 Å². The van der Waals surface area contributed by atoms with Crippen molar-refractivity contribution in [3.8, 4) is 17.2 Å². The van der Waals surface area contributed by atoms with E-state index in [2.05, 4.69) is 15.8 Å². The number of methoxy groups -OCH3 is 1. The van der Waals surface area contributed by atoms with E-state index < -0.39 is 0 Å². The predicted octanol–water partition coefficient (Wildman–Crippen LogP) is 3.36.